The van der Waals surface area contributed by atoms with E-state index in [2.05, 4.69) is 37.4 Å². The smallest absolute Gasteiger partial charge is 0.00959 e. The lowest BCUT2D eigenvalue weighted by Gasteiger charge is -2.14. The normalized spacial score (nSPS) is 17.8. The van der Waals surface area contributed by atoms with Crippen molar-refractivity contribution in [3.63, 3.8) is 0 Å². The van der Waals surface area contributed by atoms with Gasteiger partial charge in [0, 0.05) is 6.04 Å². The van der Waals surface area contributed by atoms with Crippen molar-refractivity contribution in [3.8, 4) is 0 Å². The zero-order valence-corrected chi connectivity index (χ0v) is 7.96. The van der Waals surface area contributed by atoms with Crippen molar-refractivity contribution in [1.82, 2.24) is 5.32 Å². The summed E-state index contributed by atoms with van der Waals surface area (Å²) in [5.74, 6) is 0.594. The summed E-state index contributed by atoms with van der Waals surface area (Å²) < 4.78 is 0. The zero-order chi connectivity index (χ0) is 8.69. The molecule has 2 atom stereocenters. The van der Waals surface area contributed by atoms with Crippen LogP contribution in [0.3, 0.4) is 0 Å². The molecule has 1 N–H and O–H groups in total. The Bertz CT molecular complexity index is 136. The Morgan fingerprint density at radius 1 is 1.18 bits per heavy atom. The topological polar surface area (TPSA) is 12.0 Å². The third-order valence-corrected chi connectivity index (χ3v) is 1.96. The number of rotatable bonds is 4. The molecule has 0 spiro atoms. The molecule has 0 saturated heterocycles. The van der Waals surface area contributed by atoms with Crippen LogP contribution in [0.5, 0.6) is 0 Å². The lowest BCUT2D eigenvalue weighted by molar-refractivity contribution is 0.499. The van der Waals surface area contributed by atoms with Crippen molar-refractivity contribution < 1.29 is 0 Å². The van der Waals surface area contributed by atoms with Crippen molar-refractivity contribution in [2.24, 2.45) is 5.92 Å². The van der Waals surface area contributed by atoms with Crippen LogP contribution in [-0.4, -0.2) is 13.1 Å². The van der Waals surface area contributed by atoms with Gasteiger partial charge in [0.15, 0.2) is 0 Å². The predicted octanol–water partition coefficient (Wildman–Crippen LogP) is 2.36. The molecule has 11 heavy (non-hydrogen) atoms. The van der Waals surface area contributed by atoms with Crippen LogP contribution in [0.4, 0.5) is 0 Å². The van der Waals surface area contributed by atoms with E-state index in [0.717, 1.165) is 0 Å². The summed E-state index contributed by atoms with van der Waals surface area (Å²) in [5.41, 5.74) is 0. The SMILES string of the molecule is C/C=C\C=C/C(C)C(C)NC. The Labute approximate surface area is 70.2 Å². The molecule has 0 aliphatic carbocycles. The zero-order valence-electron chi connectivity index (χ0n) is 7.96. The first-order chi connectivity index (χ1) is 5.22. The van der Waals surface area contributed by atoms with Crippen LogP contribution in [0.15, 0.2) is 24.3 Å². The van der Waals surface area contributed by atoms with Crippen LogP contribution >= 0.6 is 0 Å². The fourth-order valence-corrected chi connectivity index (χ4v) is 0.780. The average molecular weight is 153 g/mol. The number of hydrogen-bond acceptors (Lipinski definition) is 1. The Morgan fingerprint density at radius 2 is 1.82 bits per heavy atom. The summed E-state index contributed by atoms with van der Waals surface area (Å²) in [6.45, 7) is 6.42. The lowest BCUT2D eigenvalue weighted by atomic mass is 10.0. The van der Waals surface area contributed by atoms with E-state index in [9.17, 15) is 0 Å². The van der Waals surface area contributed by atoms with Crippen LogP contribution < -0.4 is 5.32 Å². The number of hydrogen-bond donors (Lipinski definition) is 1. The fraction of sp³-hybridized carbons (Fsp3) is 0.600. The first kappa shape index (κ1) is 10.4. The minimum atomic E-state index is 0.552. The molecule has 64 valence electrons. The highest BCUT2D eigenvalue weighted by atomic mass is 14.9. The molecule has 0 amide bonds. The first-order valence-electron chi connectivity index (χ1n) is 4.19. The van der Waals surface area contributed by atoms with Gasteiger partial charge in [-0.05, 0) is 26.8 Å². The van der Waals surface area contributed by atoms with Crippen LogP contribution in [-0.2, 0) is 0 Å². The monoisotopic (exact) mass is 153 g/mol. The molecule has 0 saturated carbocycles. The number of allylic oxidation sites excluding steroid dienone is 3. The van der Waals surface area contributed by atoms with Crippen LogP contribution in [0.2, 0.25) is 0 Å². The molecule has 0 aromatic heterocycles. The van der Waals surface area contributed by atoms with E-state index in [-0.39, 0.29) is 0 Å². The first-order valence-corrected chi connectivity index (χ1v) is 4.19. The molecule has 1 nitrogen and oxygen atoms in total. The minimum absolute atomic E-state index is 0.552. The maximum absolute atomic E-state index is 3.22. The molecular formula is C10H19N. The van der Waals surface area contributed by atoms with Gasteiger partial charge in [0.2, 0.25) is 0 Å². The molecule has 0 fully saturated rings. The molecule has 0 aliphatic rings. The van der Waals surface area contributed by atoms with E-state index in [1.165, 1.54) is 0 Å². The van der Waals surface area contributed by atoms with Crippen LogP contribution in [0.1, 0.15) is 20.8 Å². The maximum atomic E-state index is 3.22. The Morgan fingerprint density at radius 3 is 2.27 bits per heavy atom. The Kier molecular flexibility index (Phi) is 5.86. The molecule has 0 radical (unpaired) electrons. The van der Waals surface area contributed by atoms with Gasteiger partial charge in [-0.2, -0.15) is 0 Å². The summed E-state index contributed by atoms with van der Waals surface area (Å²) in [6.07, 6.45) is 8.39. The maximum Gasteiger partial charge on any atom is 0.00959 e. The Balaban J connectivity index is 3.75. The van der Waals surface area contributed by atoms with Gasteiger partial charge in [0.05, 0.1) is 0 Å². The third kappa shape index (κ3) is 4.79. The molecule has 0 aliphatic heterocycles. The summed E-state index contributed by atoms with van der Waals surface area (Å²) in [7, 11) is 1.99. The minimum Gasteiger partial charge on any atom is -0.317 e. The van der Waals surface area contributed by atoms with Gasteiger partial charge < -0.3 is 5.32 Å². The predicted molar refractivity (Wildman–Crippen MR) is 51.6 cm³/mol. The fourth-order valence-electron chi connectivity index (χ4n) is 0.780. The van der Waals surface area contributed by atoms with E-state index >= 15 is 0 Å². The average Bonchev–Trinajstić information content (AvgIpc) is 2.03. The summed E-state index contributed by atoms with van der Waals surface area (Å²) >= 11 is 0. The Hall–Kier alpha value is -0.560. The van der Waals surface area contributed by atoms with Crippen molar-refractivity contribution in [1.29, 1.82) is 0 Å². The second-order valence-electron chi connectivity index (χ2n) is 2.85. The highest BCUT2D eigenvalue weighted by Gasteiger charge is 2.03. The summed E-state index contributed by atoms with van der Waals surface area (Å²) in [5, 5.41) is 3.22. The van der Waals surface area contributed by atoms with Gasteiger partial charge >= 0.3 is 0 Å². The molecule has 2 unspecified atom stereocenters. The molecule has 0 bridgehead atoms. The van der Waals surface area contributed by atoms with E-state index in [1.807, 2.05) is 20.0 Å². The number of nitrogens with one attached hydrogen (secondary N) is 1. The van der Waals surface area contributed by atoms with Gasteiger partial charge in [0.25, 0.3) is 0 Å². The largest absolute Gasteiger partial charge is 0.317 e. The van der Waals surface area contributed by atoms with Crippen LogP contribution in [0, 0.1) is 5.92 Å². The standard InChI is InChI=1S/C10H19N/c1-5-6-7-8-9(2)10(3)11-4/h5-11H,1-4H3/b6-5-,8-7-. The quantitative estimate of drug-likeness (QED) is 0.611. The van der Waals surface area contributed by atoms with E-state index in [1.54, 1.807) is 0 Å². The molecule has 0 aromatic rings. The van der Waals surface area contributed by atoms with E-state index < -0.39 is 0 Å². The summed E-state index contributed by atoms with van der Waals surface area (Å²) in [6, 6.07) is 0.552. The summed E-state index contributed by atoms with van der Waals surface area (Å²) in [4.78, 5) is 0. The van der Waals surface area contributed by atoms with Crippen molar-refractivity contribution in [3.05, 3.63) is 24.3 Å². The van der Waals surface area contributed by atoms with Gasteiger partial charge in [-0.15, -0.1) is 0 Å². The molecule has 0 rings (SSSR count). The second-order valence-corrected chi connectivity index (χ2v) is 2.85. The van der Waals surface area contributed by atoms with Crippen LogP contribution in [0.25, 0.3) is 0 Å². The van der Waals surface area contributed by atoms with Gasteiger partial charge in [-0.3, -0.25) is 0 Å². The van der Waals surface area contributed by atoms with Gasteiger partial charge in [-0.1, -0.05) is 31.2 Å². The van der Waals surface area contributed by atoms with Gasteiger partial charge in [0.1, 0.15) is 0 Å². The second kappa shape index (κ2) is 6.17. The van der Waals surface area contributed by atoms with Crippen molar-refractivity contribution >= 4 is 0 Å². The van der Waals surface area contributed by atoms with E-state index in [4.69, 9.17) is 0 Å². The highest BCUT2D eigenvalue weighted by Crippen LogP contribution is 2.03. The third-order valence-electron chi connectivity index (χ3n) is 1.96. The molecule has 0 heterocycles. The molecule has 0 aromatic carbocycles. The van der Waals surface area contributed by atoms with E-state index in [0.29, 0.717) is 12.0 Å². The van der Waals surface area contributed by atoms with Gasteiger partial charge in [-0.25, -0.2) is 0 Å². The highest BCUT2D eigenvalue weighted by molar-refractivity contribution is 5.03. The van der Waals surface area contributed by atoms with Crippen molar-refractivity contribution in [2.45, 2.75) is 26.8 Å². The molecule has 1 heteroatoms. The lowest BCUT2D eigenvalue weighted by Crippen LogP contribution is -2.27. The van der Waals surface area contributed by atoms with Crippen molar-refractivity contribution in [2.75, 3.05) is 7.05 Å². The molecular weight excluding hydrogens is 134 g/mol.